The van der Waals surface area contributed by atoms with E-state index >= 15 is 0 Å². The van der Waals surface area contributed by atoms with Gasteiger partial charge in [-0.2, -0.15) is 0 Å². The molecule has 0 amide bonds. The second-order valence-corrected chi connectivity index (χ2v) is 6.01. The summed E-state index contributed by atoms with van der Waals surface area (Å²) in [6, 6.07) is 6.72. The van der Waals surface area contributed by atoms with E-state index < -0.39 is 10.0 Å². The van der Waals surface area contributed by atoms with E-state index in [4.69, 9.17) is 0 Å². The molecule has 0 unspecified atom stereocenters. The lowest BCUT2D eigenvalue weighted by Crippen LogP contribution is -2.21. The molecule has 0 radical (unpaired) electrons. The Labute approximate surface area is 105 Å². The van der Waals surface area contributed by atoms with Gasteiger partial charge >= 0.3 is 0 Å². The molecule has 0 fully saturated rings. The van der Waals surface area contributed by atoms with Gasteiger partial charge in [-0.05, 0) is 46.9 Å². The Hall–Kier alpha value is 0.590. The minimum Gasteiger partial charge on any atom is -0.207 e. The monoisotopic (exact) mass is 423 g/mol. The lowest BCUT2D eigenvalue weighted by atomic mass is 10.4. The first kappa shape index (κ1) is 11.7. The second kappa shape index (κ2) is 4.89. The van der Waals surface area contributed by atoms with Crippen molar-refractivity contribution in [1.82, 2.24) is 4.72 Å². The van der Waals surface area contributed by atoms with Crippen LogP contribution in [-0.2, 0) is 10.0 Å². The molecule has 0 aliphatic carbocycles. The number of hydrogen-bond donors (Lipinski definition) is 1. The Morgan fingerprint density at radius 3 is 2.23 bits per heavy atom. The quantitative estimate of drug-likeness (QED) is 0.460. The molecule has 0 aliphatic rings. The Balaban J connectivity index is 3.02. The lowest BCUT2D eigenvalue weighted by molar-refractivity contribution is 0.588. The van der Waals surface area contributed by atoms with Crippen molar-refractivity contribution in [2.24, 2.45) is 0 Å². The average Bonchev–Trinajstić information content (AvgIpc) is 2.05. The third-order valence-corrected chi connectivity index (χ3v) is 4.40. The van der Waals surface area contributed by atoms with Gasteiger partial charge in [0.15, 0.2) is 0 Å². The van der Waals surface area contributed by atoms with Gasteiger partial charge in [-0.25, -0.2) is 13.1 Å². The van der Waals surface area contributed by atoms with E-state index in [1.807, 2.05) is 22.6 Å². The number of hydrogen-bond acceptors (Lipinski definition) is 2. The second-order valence-electron chi connectivity index (χ2n) is 2.24. The van der Waals surface area contributed by atoms with Crippen molar-refractivity contribution in [2.45, 2.75) is 4.90 Å². The zero-order valence-electron chi connectivity index (χ0n) is 6.50. The molecule has 0 heterocycles. The number of sulfonamides is 1. The van der Waals surface area contributed by atoms with Crippen molar-refractivity contribution in [3.63, 3.8) is 0 Å². The molecule has 1 aromatic rings. The summed E-state index contributed by atoms with van der Waals surface area (Å²) in [6.07, 6.45) is 0. The first-order valence-electron chi connectivity index (χ1n) is 3.37. The van der Waals surface area contributed by atoms with Gasteiger partial charge in [0.05, 0.1) is 9.45 Å². The molecule has 0 atom stereocenters. The SMILES string of the molecule is O=S(=O)(NCI)c1ccc(I)cc1. The van der Waals surface area contributed by atoms with E-state index in [1.54, 1.807) is 24.3 Å². The predicted molar refractivity (Wildman–Crippen MR) is 68.4 cm³/mol. The molecule has 0 spiro atoms. The molecule has 0 aliphatic heterocycles. The molecule has 1 aromatic carbocycles. The molecule has 6 heteroatoms. The molecule has 0 saturated carbocycles. The van der Waals surface area contributed by atoms with Crippen molar-refractivity contribution < 1.29 is 8.42 Å². The Morgan fingerprint density at radius 2 is 1.77 bits per heavy atom. The highest BCUT2D eigenvalue weighted by molar-refractivity contribution is 14.1. The van der Waals surface area contributed by atoms with Crippen LogP contribution in [0.2, 0.25) is 0 Å². The summed E-state index contributed by atoms with van der Waals surface area (Å²) in [5, 5.41) is 0. The van der Waals surface area contributed by atoms with Crippen LogP contribution in [0, 0.1) is 3.57 Å². The molecule has 72 valence electrons. The zero-order valence-corrected chi connectivity index (χ0v) is 11.6. The van der Waals surface area contributed by atoms with Gasteiger partial charge in [0.1, 0.15) is 0 Å². The normalized spacial score (nSPS) is 11.5. The number of nitrogens with one attached hydrogen (secondary N) is 1. The van der Waals surface area contributed by atoms with Crippen LogP contribution in [0.4, 0.5) is 0 Å². The molecule has 1 rings (SSSR count). The van der Waals surface area contributed by atoms with Crippen LogP contribution in [0.25, 0.3) is 0 Å². The molecule has 0 aromatic heterocycles. The summed E-state index contributed by atoms with van der Waals surface area (Å²) in [4.78, 5) is 0.310. The lowest BCUT2D eigenvalue weighted by Gasteiger charge is -2.02. The Bertz CT molecular complexity index is 374. The molecule has 1 N–H and O–H groups in total. The van der Waals surface area contributed by atoms with E-state index in [0.717, 1.165) is 3.57 Å². The van der Waals surface area contributed by atoms with Crippen molar-refractivity contribution >= 4 is 55.2 Å². The standard InChI is InChI=1S/C7H7I2NO2S/c8-5-10-13(11,12)7-3-1-6(9)2-4-7/h1-4,10H,5H2. The van der Waals surface area contributed by atoms with Gasteiger partial charge in [-0.3, -0.25) is 0 Å². The van der Waals surface area contributed by atoms with Gasteiger partial charge < -0.3 is 0 Å². The van der Waals surface area contributed by atoms with E-state index in [2.05, 4.69) is 27.3 Å². The van der Waals surface area contributed by atoms with Crippen molar-refractivity contribution in [3.05, 3.63) is 27.8 Å². The average molecular weight is 423 g/mol. The maximum Gasteiger partial charge on any atom is 0.241 e. The minimum absolute atomic E-state index is 0.310. The van der Waals surface area contributed by atoms with Crippen molar-refractivity contribution in [1.29, 1.82) is 0 Å². The summed E-state index contributed by atoms with van der Waals surface area (Å²) < 4.78 is 26.7. The fourth-order valence-corrected chi connectivity index (χ4v) is 3.16. The topological polar surface area (TPSA) is 46.2 Å². The largest absolute Gasteiger partial charge is 0.241 e. The Morgan fingerprint density at radius 1 is 1.23 bits per heavy atom. The number of halogens is 2. The summed E-state index contributed by atoms with van der Waals surface area (Å²) >= 11 is 4.08. The van der Waals surface area contributed by atoms with E-state index in [9.17, 15) is 8.42 Å². The zero-order chi connectivity index (χ0) is 9.90. The number of rotatable bonds is 3. The van der Waals surface area contributed by atoms with Crippen molar-refractivity contribution in [3.8, 4) is 0 Å². The molecule has 0 bridgehead atoms. The summed E-state index contributed by atoms with van der Waals surface area (Å²) in [5.74, 6) is 0. The van der Waals surface area contributed by atoms with Crippen LogP contribution in [0.15, 0.2) is 29.2 Å². The molecule has 3 nitrogen and oxygen atoms in total. The van der Waals surface area contributed by atoms with Crippen molar-refractivity contribution in [2.75, 3.05) is 4.55 Å². The van der Waals surface area contributed by atoms with Crippen LogP contribution in [-0.4, -0.2) is 13.0 Å². The molecule has 0 saturated heterocycles. The molecular weight excluding hydrogens is 416 g/mol. The van der Waals surface area contributed by atoms with Crippen LogP contribution >= 0.6 is 45.2 Å². The third kappa shape index (κ3) is 3.33. The van der Waals surface area contributed by atoms with E-state index in [1.165, 1.54) is 0 Å². The Kier molecular flexibility index (Phi) is 4.39. The van der Waals surface area contributed by atoms with Gasteiger partial charge in [0.2, 0.25) is 10.0 Å². The highest BCUT2D eigenvalue weighted by atomic mass is 127. The maximum absolute atomic E-state index is 11.4. The van der Waals surface area contributed by atoms with Crippen LogP contribution in [0.3, 0.4) is 0 Å². The minimum atomic E-state index is -3.29. The summed E-state index contributed by atoms with van der Waals surface area (Å²) in [7, 11) is -3.29. The van der Waals surface area contributed by atoms with Gasteiger partial charge in [0.25, 0.3) is 0 Å². The van der Waals surface area contributed by atoms with Gasteiger partial charge in [-0.15, -0.1) is 0 Å². The van der Waals surface area contributed by atoms with Crippen LogP contribution < -0.4 is 4.72 Å². The van der Waals surface area contributed by atoms with Gasteiger partial charge in [-0.1, -0.05) is 22.6 Å². The smallest absolute Gasteiger partial charge is 0.207 e. The third-order valence-electron chi connectivity index (χ3n) is 1.37. The number of alkyl halides is 1. The molecular formula is C7H7I2NO2S. The van der Waals surface area contributed by atoms with Gasteiger partial charge in [0, 0.05) is 3.57 Å². The highest BCUT2D eigenvalue weighted by Crippen LogP contribution is 2.11. The van der Waals surface area contributed by atoms with E-state index in [0.29, 0.717) is 9.45 Å². The van der Waals surface area contributed by atoms with Crippen LogP contribution in [0.5, 0.6) is 0 Å². The first-order chi connectivity index (χ1) is 6.06. The summed E-state index contributed by atoms with van der Waals surface area (Å²) in [5.41, 5.74) is 0. The van der Waals surface area contributed by atoms with Crippen LogP contribution in [0.1, 0.15) is 0 Å². The first-order valence-corrected chi connectivity index (χ1v) is 7.46. The maximum atomic E-state index is 11.4. The fraction of sp³-hybridized carbons (Fsp3) is 0.143. The fourth-order valence-electron chi connectivity index (χ4n) is 0.769. The molecule has 13 heavy (non-hydrogen) atoms. The number of benzene rings is 1. The highest BCUT2D eigenvalue weighted by Gasteiger charge is 2.11. The predicted octanol–water partition coefficient (Wildman–Crippen LogP) is 1.96. The van der Waals surface area contributed by atoms with E-state index in [-0.39, 0.29) is 0 Å². The summed E-state index contributed by atoms with van der Waals surface area (Å²) in [6.45, 7) is 0.